The van der Waals surface area contributed by atoms with Crippen LogP contribution in [0.3, 0.4) is 0 Å². The van der Waals surface area contributed by atoms with Crippen LogP contribution in [0.15, 0.2) is 48.5 Å². The molecule has 1 aliphatic rings. The predicted octanol–water partition coefficient (Wildman–Crippen LogP) is 2.31. The number of hydrogen-bond acceptors (Lipinski definition) is 4. The Morgan fingerprint density at radius 1 is 1.14 bits per heavy atom. The molecule has 29 heavy (non-hydrogen) atoms. The molecular formula is C21H22FN3O3S. The summed E-state index contributed by atoms with van der Waals surface area (Å²) in [5.74, 6) is -0.507. The van der Waals surface area contributed by atoms with Gasteiger partial charge in [0, 0.05) is 31.1 Å². The van der Waals surface area contributed by atoms with E-state index in [4.69, 9.17) is 0 Å². The van der Waals surface area contributed by atoms with Crippen molar-refractivity contribution in [3.8, 4) is 0 Å². The summed E-state index contributed by atoms with van der Waals surface area (Å²) in [5, 5.41) is 5.20. The summed E-state index contributed by atoms with van der Waals surface area (Å²) in [5.41, 5.74) is 1.95. The van der Waals surface area contributed by atoms with Gasteiger partial charge in [0.2, 0.25) is 11.8 Å². The fraction of sp³-hybridized carbons (Fsp3) is 0.286. The number of nitrogens with zero attached hydrogens (tertiary/aromatic N) is 1. The van der Waals surface area contributed by atoms with Crippen molar-refractivity contribution in [2.75, 3.05) is 25.2 Å². The highest BCUT2D eigenvalue weighted by atomic mass is 32.2. The smallest absolute Gasteiger partial charge is 0.253 e. The number of rotatable bonds is 5. The van der Waals surface area contributed by atoms with Crippen LogP contribution in [-0.4, -0.2) is 53.8 Å². The summed E-state index contributed by atoms with van der Waals surface area (Å²) in [7, 11) is 3.34. The summed E-state index contributed by atoms with van der Waals surface area (Å²) in [4.78, 5) is 38.3. The van der Waals surface area contributed by atoms with Crippen LogP contribution in [0, 0.1) is 5.82 Å². The van der Waals surface area contributed by atoms with Crippen molar-refractivity contribution < 1.29 is 18.8 Å². The van der Waals surface area contributed by atoms with E-state index in [-0.39, 0.29) is 28.8 Å². The van der Waals surface area contributed by atoms with Gasteiger partial charge in [-0.05, 0) is 48.4 Å². The molecule has 0 saturated carbocycles. The van der Waals surface area contributed by atoms with E-state index in [0.29, 0.717) is 23.4 Å². The van der Waals surface area contributed by atoms with Crippen LogP contribution in [-0.2, 0) is 16.0 Å². The summed E-state index contributed by atoms with van der Waals surface area (Å²) in [6.45, 7) is 0. The van der Waals surface area contributed by atoms with E-state index in [1.54, 1.807) is 50.5 Å². The Balaban J connectivity index is 1.54. The van der Waals surface area contributed by atoms with Gasteiger partial charge in [-0.2, -0.15) is 0 Å². The lowest BCUT2D eigenvalue weighted by Gasteiger charge is -2.28. The molecule has 152 valence electrons. The Morgan fingerprint density at radius 2 is 1.79 bits per heavy atom. The van der Waals surface area contributed by atoms with Crippen LogP contribution in [0.4, 0.5) is 10.1 Å². The minimum Gasteiger partial charge on any atom is -0.345 e. The molecule has 0 radical (unpaired) electrons. The van der Waals surface area contributed by atoms with Gasteiger partial charge in [0.25, 0.3) is 5.91 Å². The van der Waals surface area contributed by atoms with E-state index in [0.717, 1.165) is 5.56 Å². The number of thioether (sulfide) groups is 1. The molecule has 1 fully saturated rings. The molecule has 3 rings (SSSR count). The van der Waals surface area contributed by atoms with Crippen LogP contribution in [0.25, 0.3) is 0 Å². The van der Waals surface area contributed by atoms with Gasteiger partial charge >= 0.3 is 0 Å². The fourth-order valence-electron chi connectivity index (χ4n) is 2.91. The van der Waals surface area contributed by atoms with E-state index < -0.39 is 6.04 Å². The molecule has 2 aromatic rings. The summed E-state index contributed by atoms with van der Waals surface area (Å²) < 4.78 is 13.0. The lowest BCUT2D eigenvalue weighted by atomic mass is 10.1. The first-order chi connectivity index (χ1) is 13.8. The number of halogens is 1. The Labute approximate surface area is 172 Å². The van der Waals surface area contributed by atoms with Gasteiger partial charge < -0.3 is 15.5 Å². The molecule has 6 nitrogen and oxygen atoms in total. The van der Waals surface area contributed by atoms with Crippen molar-refractivity contribution in [3.63, 3.8) is 0 Å². The quantitative estimate of drug-likeness (QED) is 0.786. The zero-order valence-corrected chi connectivity index (χ0v) is 17.0. The van der Waals surface area contributed by atoms with Gasteiger partial charge in [0.15, 0.2) is 0 Å². The highest BCUT2D eigenvalue weighted by molar-refractivity contribution is 8.00. The third kappa shape index (κ3) is 5.35. The second kappa shape index (κ2) is 9.09. The highest BCUT2D eigenvalue weighted by Gasteiger charge is 2.32. The van der Waals surface area contributed by atoms with Crippen molar-refractivity contribution in [1.29, 1.82) is 0 Å². The Hall–Kier alpha value is -2.87. The van der Waals surface area contributed by atoms with Gasteiger partial charge in [-0.15, -0.1) is 11.8 Å². The molecular weight excluding hydrogens is 393 g/mol. The maximum atomic E-state index is 13.0. The lowest BCUT2D eigenvalue weighted by molar-refractivity contribution is -0.126. The molecule has 0 spiro atoms. The number of carbonyl (C=O) groups is 3. The predicted molar refractivity (Wildman–Crippen MR) is 111 cm³/mol. The normalized spacial score (nSPS) is 18.7. The van der Waals surface area contributed by atoms with Gasteiger partial charge in [-0.25, -0.2) is 4.39 Å². The average Bonchev–Trinajstić information content (AvgIpc) is 2.71. The SMILES string of the molecule is CN(C)C(=O)c1ccc(NC(=O)C2CSC(Cc3ccc(F)cc3)C(=O)N2)cc1. The molecule has 8 heteroatoms. The molecule has 1 saturated heterocycles. The second-order valence-corrected chi connectivity index (χ2v) is 8.22. The summed E-state index contributed by atoms with van der Waals surface area (Å²) >= 11 is 1.41. The minimum atomic E-state index is -0.639. The molecule has 0 bridgehead atoms. The summed E-state index contributed by atoms with van der Waals surface area (Å²) in [6, 6.07) is 12.0. The third-order valence-electron chi connectivity index (χ3n) is 4.53. The van der Waals surface area contributed by atoms with Crippen molar-refractivity contribution in [2.24, 2.45) is 0 Å². The summed E-state index contributed by atoms with van der Waals surface area (Å²) in [6.07, 6.45) is 0.479. The third-order valence-corrected chi connectivity index (χ3v) is 5.84. The van der Waals surface area contributed by atoms with Crippen LogP contribution in [0.2, 0.25) is 0 Å². The molecule has 0 aromatic heterocycles. The van der Waals surface area contributed by atoms with Crippen molar-refractivity contribution in [1.82, 2.24) is 10.2 Å². The molecule has 3 amide bonds. The largest absolute Gasteiger partial charge is 0.345 e. The van der Waals surface area contributed by atoms with Crippen molar-refractivity contribution >= 4 is 35.2 Å². The van der Waals surface area contributed by atoms with E-state index in [9.17, 15) is 18.8 Å². The number of amides is 3. The number of carbonyl (C=O) groups excluding carboxylic acids is 3. The van der Waals surface area contributed by atoms with E-state index in [2.05, 4.69) is 10.6 Å². The van der Waals surface area contributed by atoms with Crippen LogP contribution < -0.4 is 10.6 Å². The van der Waals surface area contributed by atoms with Crippen molar-refractivity contribution in [3.05, 3.63) is 65.5 Å². The first-order valence-electron chi connectivity index (χ1n) is 9.12. The maximum absolute atomic E-state index is 13.0. The molecule has 2 unspecified atom stereocenters. The Kier molecular flexibility index (Phi) is 6.53. The number of hydrogen-bond donors (Lipinski definition) is 2. The van der Waals surface area contributed by atoms with E-state index >= 15 is 0 Å². The second-order valence-electron chi connectivity index (χ2n) is 6.98. The number of anilines is 1. The number of nitrogens with one attached hydrogen (secondary N) is 2. The Morgan fingerprint density at radius 3 is 2.38 bits per heavy atom. The van der Waals surface area contributed by atoms with Crippen LogP contribution in [0.1, 0.15) is 15.9 Å². The standard InChI is InChI=1S/C21H22FN3O3S/c1-25(2)21(28)14-5-9-16(10-6-14)23-19(26)17-12-29-18(20(27)24-17)11-13-3-7-15(22)8-4-13/h3-10,17-18H,11-12H2,1-2H3,(H,23,26)(H,24,27). The molecule has 2 N–H and O–H groups in total. The number of benzene rings is 2. The van der Waals surface area contributed by atoms with Gasteiger partial charge in [-0.3, -0.25) is 14.4 Å². The van der Waals surface area contributed by atoms with Crippen LogP contribution in [0.5, 0.6) is 0 Å². The topological polar surface area (TPSA) is 78.5 Å². The fourth-order valence-corrected chi connectivity index (χ4v) is 4.09. The first-order valence-corrected chi connectivity index (χ1v) is 10.2. The molecule has 2 aromatic carbocycles. The average molecular weight is 415 g/mol. The zero-order valence-electron chi connectivity index (χ0n) is 16.1. The zero-order chi connectivity index (χ0) is 21.0. The van der Waals surface area contributed by atoms with Crippen molar-refractivity contribution in [2.45, 2.75) is 17.7 Å². The van der Waals surface area contributed by atoms with E-state index in [1.807, 2.05) is 0 Å². The first kappa shape index (κ1) is 20.9. The minimum absolute atomic E-state index is 0.119. The van der Waals surface area contributed by atoms with Gasteiger partial charge in [0.05, 0.1) is 5.25 Å². The van der Waals surface area contributed by atoms with E-state index in [1.165, 1.54) is 28.8 Å². The Bertz CT molecular complexity index is 900. The molecule has 1 aliphatic heterocycles. The van der Waals surface area contributed by atoms with Crippen LogP contribution >= 0.6 is 11.8 Å². The molecule has 2 atom stereocenters. The molecule has 1 heterocycles. The highest BCUT2D eigenvalue weighted by Crippen LogP contribution is 2.23. The molecule has 0 aliphatic carbocycles. The monoisotopic (exact) mass is 415 g/mol. The van der Waals surface area contributed by atoms with Gasteiger partial charge in [-0.1, -0.05) is 12.1 Å². The lowest BCUT2D eigenvalue weighted by Crippen LogP contribution is -2.52. The maximum Gasteiger partial charge on any atom is 0.253 e. The van der Waals surface area contributed by atoms with Gasteiger partial charge in [0.1, 0.15) is 11.9 Å².